The van der Waals surface area contributed by atoms with Gasteiger partial charge < -0.3 is 26.2 Å². The minimum atomic E-state index is -0.635. The lowest BCUT2D eigenvalue weighted by Gasteiger charge is -2.34. The van der Waals surface area contributed by atoms with Gasteiger partial charge in [-0.25, -0.2) is 4.79 Å². The lowest BCUT2D eigenvalue weighted by atomic mass is 10.0. The van der Waals surface area contributed by atoms with Gasteiger partial charge in [0.1, 0.15) is 6.04 Å². The van der Waals surface area contributed by atoms with Gasteiger partial charge in [0.15, 0.2) is 0 Å². The summed E-state index contributed by atoms with van der Waals surface area (Å²) in [6.07, 6.45) is 13.5. The van der Waals surface area contributed by atoms with Gasteiger partial charge in [0.2, 0.25) is 17.7 Å². The van der Waals surface area contributed by atoms with Gasteiger partial charge in [-0.05, 0) is 32.6 Å². The van der Waals surface area contributed by atoms with Crippen LogP contribution in [-0.2, 0) is 14.4 Å². The van der Waals surface area contributed by atoms with Crippen molar-refractivity contribution in [3.05, 3.63) is 36.0 Å². The van der Waals surface area contributed by atoms with E-state index in [0.29, 0.717) is 38.8 Å². The van der Waals surface area contributed by atoms with Crippen molar-refractivity contribution in [2.75, 3.05) is 26.7 Å². The van der Waals surface area contributed by atoms with Crippen molar-refractivity contribution >= 4 is 23.8 Å². The highest BCUT2D eigenvalue weighted by atomic mass is 16.2. The Labute approximate surface area is 189 Å². The molecule has 32 heavy (non-hydrogen) atoms. The summed E-state index contributed by atoms with van der Waals surface area (Å²) in [5.74, 6) is -0.510. The monoisotopic (exact) mass is 445 g/mol. The smallest absolute Gasteiger partial charge is 0.314 e. The van der Waals surface area contributed by atoms with Gasteiger partial charge in [0, 0.05) is 45.6 Å². The third-order valence-corrected chi connectivity index (χ3v) is 5.51. The highest BCUT2D eigenvalue weighted by Gasteiger charge is 2.27. The summed E-state index contributed by atoms with van der Waals surface area (Å²) in [7, 11) is 1.57. The molecule has 9 nitrogen and oxygen atoms in total. The van der Waals surface area contributed by atoms with Crippen LogP contribution >= 0.6 is 0 Å². The molecule has 1 saturated heterocycles. The van der Waals surface area contributed by atoms with E-state index < -0.39 is 6.04 Å². The molecule has 1 fully saturated rings. The lowest BCUT2D eigenvalue weighted by Crippen LogP contribution is -2.53. The van der Waals surface area contributed by atoms with Crippen LogP contribution in [0.25, 0.3) is 0 Å². The first-order valence-electron chi connectivity index (χ1n) is 11.2. The summed E-state index contributed by atoms with van der Waals surface area (Å²) >= 11 is 0. The third kappa shape index (κ3) is 8.95. The Morgan fingerprint density at radius 1 is 1.09 bits per heavy atom. The highest BCUT2D eigenvalue weighted by molar-refractivity contribution is 5.87. The van der Waals surface area contributed by atoms with Gasteiger partial charge in [-0.1, -0.05) is 36.0 Å². The molecular formula is C23H35N5O4. The molecule has 5 amide bonds. The number of carbonyl (C=O) groups is 4. The Hall–Kier alpha value is -3.10. The highest BCUT2D eigenvalue weighted by Crippen LogP contribution is 2.12. The van der Waals surface area contributed by atoms with Crippen molar-refractivity contribution in [3.63, 3.8) is 0 Å². The number of allylic oxidation sites excluding steroid dienone is 6. The summed E-state index contributed by atoms with van der Waals surface area (Å²) in [5, 5.41) is 10.8. The van der Waals surface area contributed by atoms with Crippen LogP contribution in [0.4, 0.5) is 4.79 Å². The number of likely N-dealkylation sites (tertiary alicyclic amines) is 1. The second kappa shape index (κ2) is 13.3. The molecule has 0 spiro atoms. The van der Waals surface area contributed by atoms with Gasteiger partial charge >= 0.3 is 6.03 Å². The number of carbonyl (C=O) groups excluding carboxylic acids is 4. The molecule has 0 aromatic heterocycles. The first-order chi connectivity index (χ1) is 15.4. The third-order valence-electron chi connectivity index (χ3n) is 5.51. The molecule has 0 aromatic carbocycles. The fraction of sp³-hybridized carbons (Fsp3) is 0.565. The molecule has 1 atom stereocenters. The average molecular weight is 446 g/mol. The summed E-state index contributed by atoms with van der Waals surface area (Å²) in [6.45, 7) is 2.96. The summed E-state index contributed by atoms with van der Waals surface area (Å²) < 4.78 is 0. The summed E-state index contributed by atoms with van der Waals surface area (Å²) in [6, 6.07) is -0.818. The Bertz CT molecular complexity index is 766. The molecule has 1 unspecified atom stereocenters. The Morgan fingerprint density at radius 3 is 2.56 bits per heavy atom. The summed E-state index contributed by atoms with van der Waals surface area (Å²) in [5.41, 5.74) is 1.13. The van der Waals surface area contributed by atoms with Gasteiger partial charge in [-0.15, -0.1) is 0 Å². The topological polar surface area (TPSA) is 120 Å². The number of rotatable bonds is 9. The first kappa shape index (κ1) is 25.2. The SMILES string of the molecule is CNC(=O)NC1CCN(C(=O)C(C)NC(=O)CCNC(=O)CCC2=CCC=CC=C2)CC1. The maximum Gasteiger partial charge on any atom is 0.314 e. The van der Waals surface area contributed by atoms with E-state index in [9.17, 15) is 19.2 Å². The molecule has 0 bridgehead atoms. The Kier molecular flexibility index (Phi) is 10.5. The molecule has 2 aliphatic rings. The van der Waals surface area contributed by atoms with Crippen molar-refractivity contribution in [1.82, 2.24) is 26.2 Å². The van der Waals surface area contributed by atoms with Crippen LogP contribution in [0.2, 0.25) is 0 Å². The second-order valence-corrected chi connectivity index (χ2v) is 8.01. The fourth-order valence-electron chi connectivity index (χ4n) is 3.62. The summed E-state index contributed by atoms with van der Waals surface area (Å²) in [4.78, 5) is 49.8. The Balaban J connectivity index is 1.61. The predicted octanol–water partition coefficient (Wildman–Crippen LogP) is 1.14. The number of hydrogen-bond donors (Lipinski definition) is 4. The molecular weight excluding hydrogens is 410 g/mol. The maximum absolute atomic E-state index is 12.6. The minimum Gasteiger partial charge on any atom is -0.356 e. The van der Waals surface area contributed by atoms with E-state index in [0.717, 1.165) is 12.0 Å². The fourth-order valence-corrected chi connectivity index (χ4v) is 3.62. The second-order valence-electron chi connectivity index (χ2n) is 8.01. The number of hydrogen-bond acceptors (Lipinski definition) is 4. The predicted molar refractivity (Wildman–Crippen MR) is 123 cm³/mol. The van der Waals surface area contributed by atoms with E-state index in [1.165, 1.54) is 0 Å². The van der Waals surface area contributed by atoms with Gasteiger partial charge in [-0.3, -0.25) is 14.4 Å². The van der Waals surface area contributed by atoms with Crippen LogP contribution < -0.4 is 21.3 Å². The van der Waals surface area contributed by atoms with E-state index in [1.807, 2.05) is 18.2 Å². The zero-order valence-electron chi connectivity index (χ0n) is 19.0. The van der Waals surface area contributed by atoms with Crippen LogP contribution in [0.3, 0.4) is 0 Å². The molecule has 1 heterocycles. The number of nitrogens with one attached hydrogen (secondary N) is 4. The standard InChI is InChI=1S/C23H35N5O4/c1-17(22(31)28-15-12-19(13-16-28)27-23(32)24-2)26-21(30)11-14-25-20(29)10-9-18-7-5-3-4-6-8-18/h3-5,7-8,17,19H,6,9-16H2,1-2H3,(H,25,29)(H,26,30)(H2,24,27,32). The molecule has 0 saturated carbocycles. The molecule has 1 aliphatic carbocycles. The lowest BCUT2D eigenvalue weighted by molar-refractivity contribution is -0.137. The molecule has 2 rings (SSSR count). The zero-order chi connectivity index (χ0) is 23.3. The molecule has 1 aliphatic heterocycles. The van der Waals surface area contributed by atoms with E-state index in [-0.39, 0.29) is 42.8 Å². The van der Waals surface area contributed by atoms with Crippen molar-refractivity contribution < 1.29 is 19.2 Å². The van der Waals surface area contributed by atoms with E-state index in [2.05, 4.69) is 33.4 Å². The number of amides is 5. The maximum atomic E-state index is 12.6. The quantitative estimate of drug-likeness (QED) is 0.425. The Morgan fingerprint density at radius 2 is 1.84 bits per heavy atom. The van der Waals surface area contributed by atoms with Crippen LogP contribution in [0, 0.1) is 0 Å². The largest absolute Gasteiger partial charge is 0.356 e. The zero-order valence-corrected chi connectivity index (χ0v) is 19.0. The first-order valence-corrected chi connectivity index (χ1v) is 11.2. The normalized spacial score (nSPS) is 17.1. The minimum absolute atomic E-state index is 0.0408. The van der Waals surface area contributed by atoms with Crippen LogP contribution in [0.15, 0.2) is 36.0 Å². The van der Waals surface area contributed by atoms with Crippen LogP contribution in [0.5, 0.6) is 0 Å². The van der Waals surface area contributed by atoms with Gasteiger partial charge in [-0.2, -0.15) is 0 Å². The molecule has 176 valence electrons. The molecule has 9 heteroatoms. The van der Waals surface area contributed by atoms with Gasteiger partial charge in [0.25, 0.3) is 0 Å². The van der Waals surface area contributed by atoms with Crippen LogP contribution in [-0.4, -0.2) is 67.4 Å². The van der Waals surface area contributed by atoms with Crippen molar-refractivity contribution in [2.24, 2.45) is 0 Å². The van der Waals surface area contributed by atoms with E-state index >= 15 is 0 Å². The van der Waals surface area contributed by atoms with Crippen molar-refractivity contribution in [3.8, 4) is 0 Å². The number of urea groups is 1. The van der Waals surface area contributed by atoms with E-state index in [4.69, 9.17) is 0 Å². The number of piperidine rings is 1. The van der Waals surface area contributed by atoms with Gasteiger partial charge in [0.05, 0.1) is 0 Å². The van der Waals surface area contributed by atoms with Crippen molar-refractivity contribution in [2.45, 2.75) is 57.5 Å². The van der Waals surface area contributed by atoms with Crippen molar-refractivity contribution in [1.29, 1.82) is 0 Å². The molecule has 4 N–H and O–H groups in total. The van der Waals surface area contributed by atoms with E-state index in [1.54, 1.807) is 18.9 Å². The molecule has 0 aromatic rings. The number of nitrogens with zero attached hydrogens (tertiary/aromatic N) is 1. The average Bonchev–Trinajstić information content (AvgIpc) is 3.06. The molecule has 0 radical (unpaired) electrons. The van der Waals surface area contributed by atoms with Crippen LogP contribution in [0.1, 0.15) is 45.4 Å².